The number of rotatable bonds is 5. The van der Waals surface area contributed by atoms with Crippen LogP contribution in [0, 0.1) is 3.57 Å². The number of Topliss-reactive ketones (excluding diaryl/α,β-unsaturated/α-hetero) is 1. The molecule has 1 N–H and O–H groups in total. The SMILES string of the molecule is CCOC(=O)C1=C(C)NC2=C(C(=O)c3ccccc32)[C@H]1c1ccc(OCC)c(I)c1. The number of carbonyl (C=O) groups excluding carboxylic acids is 2. The number of dihydropyridines is 1. The van der Waals surface area contributed by atoms with E-state index in [0.29, 0.717) is 29.0 Å². The van der Waals surface area contributed by atoms with Crippen LogP contribution in [0.1, 0.15) is 48.2 Å². The van der Waals surface area contributed by atoms with Crippen LogP contribution in [0.5, 0.6) is 5.75 Å². The third kappa shape index (κ3) is 3.33. The summed E-state index contributed by atoms with van der Waals surface area (Å²) in [6.07, 6.45) is 0. The molecule has 1 aliphatic carbocycles. The van der Waals surface area contributed by atoms with Crippen molar-refractivity contribution >= 4 is 40.0 Å². The lowest BCUT2D eigenvalue weighted by Crippen LogP contribution is -2.29. The molecule has 2 aromatic carbocycles. The molecule has 1 heterocycles. The van der Waals surface area contributed by atoms with Crippen LogP contribution in [0.3, 0.4) is 0 Å². The van der Waals surface area contributed by atoms with Crippen molar-refractivity contribution in [3.05, 3.63) is 79.6 Å². The van der Waals surface area contributed by atoms with Crippen LogP contribution in [-0.2, 0) is 9.53 Å². The Morgan fingerprint density at radius 1 is 1.10 bits per heavy atom. The van der Waals surface area contributed by atoms with E-state index in [-0.39, 0.29) is 12.4 Å². The molecule has 1 aliphatic heterocycles. The Morgan fingerprint density at radius 3 is 2.50 bits per heavy atom. The molecule has 5 nitrogen and oxygen atoms in total. The number of benzene rings is 2. The molecule has 0 aromatic heterocycles. The average molecular weight is 515 g/mol. The summed E-state index contributed by atoms with van der Waals surface area (Å²) in [6.45, 7) is 6.41. The van der Waals surface area contributed by atoms with Gasteiger partial charge in [0.2, 0.25) is 0 Å². The monoisotopic (exact) mass is 515 g/mol. The molecule has 6 heteroatoms. The molecule has 1 atom stereocenters. The van der Waals surface area contributed by atoms with Gasteiger partial charge in [-0.1, -0.05) is 30.3 Å². The minimum Gasteiger partial charge on any atom is -0.493 e. The van der Waals surface area contributed by atoms with Gasteiger partial charge in [0.25, 0.3) is 0 Å². The van der Waals surface area contributed by atoms with E-state index in [1.165, 1.54) is 0 Å². The Labute approximate surface area is 189 Å². The Bertz CT molecular complexity index is 1120. The van der Waals surface area contributed by atoms with E-state index < -0.39 is 11.9 Å². The molecule has 30 heavy (non-hydrogen) atoms. The number of fused-ring (bicyclic) bond motifs is 2. The lowest BCUT2D eigenvalue weighted by atomic mass is 9.80. The maximum atomic E-state index is 13.4. The van der Waals surface area contributed by atoms with Gasteiger partial charge in [-0.05, 0) is 61.1 Å². The minimum atomic E-state index is -0.510. The highest BCUT2D eigenvalue weighted by atomic mass is 127. The first-order valence-corrected chi connectivity index (χ1v) is 11.0. The number of hydrogen-bond acceptors (Lipinski definition) is 5. The van der Waals surface area contributed by atoms with E-state index in [4.69, 9.17) is 9.47 Å². The molecular weight excluding hydrogens is 493 g/mol. The first-order chi connectivity index (χ1) is 14.5. The van der Waals surface area contributed by atoms with Gasteiger partial charge >= 0.3 is 5.97 Å². The van der Waals surface area contributed by atoms with Crippen molar-refractivity contribution in [2.24, 2.45) is 0 Å². The van der Waals surface area contributed by atoms with Crippen molar-refractivity contribution in [1.29, 1.82) is 0 Å². The van der Waals surface area contributed by atoms with Crippen LogP contribution in [0.15, 0.2) is 59.3 Å². The van der Waals surface area contributed by atoms with E-state index in [1.54, 1.807) is 6.92 Å². The predicted molar refractivity (Wildman–Crippen MR) is 123 cm³/mol. The van der Waals surface area contributed by atoms with Gasteiger partial charge < -0.3 is 14.8 Å². The second kappa shape index (κ2) is 8.26. The largest absolute Gasteiger partial charge is 0.493 e. The molecule has 2 aromatic rings. The van der Waals surface area contributed by atoms with Crippen molar-refractivity contribution < 1.29 is 19.1 Å². The van der Waals surface area contributed by atoms with Crippen molar-refractivity contribution in [2.75, 3.05) is 13.2 Å². The van der Waals surface area contributed by atoms with Gasteiger partial charge in [0, 0.05) is 28.3 Å². The fourth-order valence-electron chi connectivity index (χ4n) is 4.11. The maximum absolute atomic E-state index is 13.4. The van der Waals surface area contributed by atoms with E-state index in [0.717, 1.165) is 26.1 Å². The van der Waals surface area contributed by atoms with E-state index in [1.807, 2.05) is 56.3 Å². The van der Waals surface area contributed by atoms with Crippen LogP contribution in [0.25, 0.3) is 5.70 Å². The van der Waals surface area contributed by atoms with E-state index in [9.17, 15) is 9.59 Å². The molecule has 4 rings (SSSR count). The molecule has 2 aliphatic rings. The second-order valence-corrected chi connectivity index (χ2v) is 8.27. The number of nitrogens with one attached hydrogen (secondary N) is 1. The highest BCUT2D eigenvalue weighted by Crippen LogP contribution is 2.47. The van der Waals surface area contributed by atoms with Crippen molar-refractivity contribution in [3.8, 4) is 5.75 Å². The van der Waals surface area contributed by atoms with Gasteiger partial charge in [-0.2, -0.15) is 0 Å². The molecule has 0 radical (unpaired) electrons. The average Bonchev–Trinajstić information content (AvgIpc) is 3.01. The first-order valence-electron chi connectivity index (χ1n) is 9.93. The van der Waals surface area contributed by atoms with Gasteiger partial charge in [-0.25, -0.2) is 4.79 Å². The van der Waals surface area contributed by atoms with Gasteiger partial charge in [0.1, 0.15) is 5.75 Å². The summed E-state index contributed by atoms with van der Waals surface area (Å²) in [6, 6.07) is 13.3. The molecule has 0 unspecified atom stereocenters. The summed E-state index contributed by atoms with van der Waals surface area (Å²) in [5, 5.41) is 3.31. The van der Waals surface area contributed by atoms with Crippen LogP contribution < -0.4 is 10.1 Å². The summed E-state index contributed by atoms with van der Waals surface area (Å²) >= 11 is 2.22. The second-order valence-electron chi connectivity index (χ2n) is 7.10. The zero-order valence-electron chi connectivity index (χ0n) is 17.0. The first kappa shape index (κ1) is 20.7. The quantitative estimate of drug-likeness (QED) is 0.457. The third-order valence-corrected chi connectivity index (χ3v) is 6.18. The number of esters is 1. The molecule has 0 bridgehead atoms. The van der Waals surface area contributed by atoms with Gasteiger partial charge in [-0.3, -0.25) is 4.79 Å². The van der Waals surface area contributed by atoms with Crippen LogP contribution in [0.4, 0.5) is 0 Å². The van der Waals surface area contributed by atoms with Gasteiger partial charge in [0.15, 0.2) is 5.78 Å². The fraction of sp³-hybridized carbons (Fsp3) is 0.250. The molecule has 0 spiro atoms. The number of hydrogen-bond donors (Lipinski definition) is 1. The van der Waals surface area contributed by atoms with Gasteiger partial charge in [0.05, 0.1) is 28.1 Å². The summed E-state index contributed by atoms with van der Waals surface area (Å²) < 4.78 is 12.0. The molecular formula is C24H22INO4. The Balaban J connectivity index is 1.90. The predicted octanol–water partition coefficient (Wildman–Crippen LogP) is 4.82. The lowest BCUT2D eigenvalue weighted by molar-refractivity contribution is -0.138. The number of carbonyl (C=O) groups is 2. The molecule has 154 valence electrons. The minimum absolute atomic E-state index is 0.0590. The van der Waals surface area contributed by atoms with Crippen LogP contribution in [0.2, 0.25) is 0 Å². The van der Waals surface area contributed by atoms with E-state index >= 15 is 0 Å². The van der Waals surface area contributed by atoms with Crippen molar-refractivity contribution in [2.45, 2.75) is 26.7 Å². The Kier molecular flexibility index (Phi) is 5.69. The van der Waals surface area contributed by atoms with Crippen molar-refractivity contribution in [1.82, 2.24) is 5.32 Å². The number of ether oxygens (including phenoxy) is 2. The maximum Gasteiger partial charge on any atom is 0.336 e. The highest BCUT2D eigenvalue weighted by molar-refractivity contribution is 14.1. The lowest BCUT2D eigenvalue weighted by Gasteiger charge is -2.29. The Morgan fingerprint density at radius 2 is 1.83 bits per heavy atom. The summed E-state index contributed by atoms with van der Waals surface area (Å²) in [5.41, 5.74) is 4.91. The standard InChI is InChI=1S/C24H22INO4/c1-4-29-18-11-10-14(12-17(18)25)20-19(24(28)30-5-2)13(3)26-22-15-8-6-7-9-16(15)23(27)21(20)22/h6-12,20,26H,4-5H2,1-3H3/t20-/m0/s1. The summed E-state index contributed by atoms with van der Waals surface area (Å²) in [7, 11) is 0. The third-order valence-electron chi connectivity index (χ3n) is 5.33. The highest BCUT2D eigenvalue weighted by Gasteiger charge is 2.42. The molecule has 0 saturated carbocycles. The molecule has 0 saturated heterocycles. The van der Waals surface area contributed by atoms with Gasteiger partial charge in [-0.15, -0.1) is 0 Å². The Hall–Kier alpha value is -2.61. The molecule has 0 amide bonds. The normalized spacial score (nSPS) is 17.5. The number of ketones is 1. The van der Waals surface area contributed by atoms with Crippen LogP contribution in [-0.4, -0.2) is 25.0 Å². The fourth-order valence-corrected chi connectivity index (χ4v) is 4.81. The number of allylic oxidation sites excluding steroid dienone is 2. The zero-order chi connectivity index (χ0) is 21.4. The van der Waals surface area contributed by atoms with Crippen molar-refractivity contribution in [3.63, 3.8) is 0 Å². The summed E-state index contributed by atoms with van der Waals surface area (Å²) in [5.74, 6) is -0.197. The smallest absolute Gasteiger partial charge is 0.336 e. The van der Waals surface area contributed by atoms with Crippen LogP contribution >= 0.6 is 22.6 Å². The zero-order valence-corrected chi connectivity index (χ0v) is 19.2. The summed E-state index contributed by atoms with van der Waals surface area (Å²) in [4.78, 5) is 26.3. The number of halogens is 1. The van der Waals surface area contributed by atoms with E-state index in [2.05, 4.69) is 27.9 Å². The molecule has 0 fully saturated rings. The topological polar surface area (TPSA) is 64.6 Å².